The van der Waals surface area contributed by atoms with Gasteiger partial charge in [-0.1, -0.05) is 42.5 Å². The smallest absolute Gasteiger partial charge is 0.494 e. The van der Waals surface area contributed by atoms with Gasteiger partial charge in [-0.25, -0.2) is 0 Å². The molecule has 1 aromatic heterocycles. The van der Waals surface area contributed by atoms with E-state index >= 15 is 0 Å². The molecule has 1 aliphatic rings. The average molecular weight is 509 g/mol. The van der Waals surface area contributed by atoms with Gasteiger partial charge in [0.25, 0.3) is 0 Å². The number of aromatic hydroxyl groups is 1. The standard InChI is InChI=1S/C30H31F3N2O2/c31-30(32,33)37-27-12-9-24(10-13-27)20-35-21-25-19-26(11-14-28(25)29(35)36)34-17-15-23(16-18-34)8-4-7-22-5-2-1-3-6-22/h1-3,5-6,9-14,19,21,23,36H,4,7-8,15-18,20H2. The molecule has 1 N–H and O–H groups in total. The van der Waals surface area contributed by atoms with E-state index in [0.717, 1.165) is 47.5 Å². The fraction of sp³-hybridized carbons (Fsp3) is 0.333. The van der Waals surface area contributed by atoms with Crippen LogP contribution in [0.25, 0.3) is 10.8 Å². The first-order valence-corrected chi connectivity index (χ1v) is 12.8. The summed E-state index contributed by atoms with van der Waals surface area (Å²) in [6, 6.07) is 22.5. The molecule has 4 aromatic rings. The molecule has 4 nitrogen and oxygen atoms in total. The first-order chi connectivity index (χ1) is 17.8. The lowest BCUT2D eigenvalue weighted by Crippen LogP contribution is -2.33. The number of ether oxygens (including phenoxy) is 1. The maximum absolute atomic E-state index is 12.4. The van der Waals surface area contributed by atoms with Gasteiger partial charge in [0, 0.05) is 35.7 Å². The third kappa shape index (κ3) is 6.40. The van der Waals surface area contributed by atoms with Crippen LogP contribution in [0.15, 0.2) is 79.0 Å². The molecular weight excluding hydrogens is 477 g/mol. The van der Waals surface area contributed by atoms with Gasteiger partial charge >= 0.3 is 6.36 Å². The van der Waals surface area contributed by atoms with Crippen molar-refractivity contribution in [1.82, 2.24) is 4.57 Å². The molecule has 1 fully saturated rings. The maximum atomic E-state index is 12.4. The van der Waals surface area contributed by atoms with Gasteiger partial charge < -0.3 is 19.3 Å². The van der Waals surface area contributed by atoms with Crippen molar-refractivity contribution >= 4 is 16.5 Å². The Morgan fingerprint density at radius 1 is 0.892 bits per heavy atom. The number of benzene rings is 3. The molecule has 194 valence electrons. The Bertz CT molecular complexity index is 1310. The van der Waals surface area contributed by atoms with Gasteiger partial charge in [0.1, 0.15) is 5.75 Å². The number of aryl methyl sites for hydroxylation is 1. The van der Waals surface area contributed by atoms with E-state index in [1.807, 2.05) is 12.3 Å². The van der Waals surface area contributed by atoms with Crippen molar-refractivity contribution in [1.29, 1.82) is 0 Å². The molecule has 0 saturated carbocycles. The van der Waals surface area contributed by atoms with Gasteiger partial charge in [-0.15, -0.1) is 13.2 Å². The first kappa shape index (κ1) is 25.1. The highest BCUT2D eigenvalue weighted by Crippen LogP contribution is 2.33. The van der Waals surface area contributed by atoms with Crippen LogP contribution in [0.2, 0.25) is 0 Å². The highest BCUT2D eigenvalue weighted by atomic mass is 19.4. The average Bonchev–Trinajstić information content (AvgIpc) is 3.19. The lowest BCUT2D eigenvalue weighted by Gasteiger charge is -2.33. The summed E-state index contributed by atoms with van der Waals surface area (Å²) in [7, 11) is 0. The van der Waals surface area contributed by atoms with E-state index in [1.165, 1.54) is 43.4 Å². The van der Waals surface area contributed by atoms with Crippen LogP contribution in [-0.4, -0.2) is 29.1 Å². The minimum atomic E-state index is -4.72. The number of nitrogens with zero attached hydrogens (tertiary/aromatic N) is 2. The monoisotopic (exact) mass is 508 g/mol. The summed E-state index contributed by atoms with van der Waals surface area (Å²) in [4.78, 5) is 2.42. The number of anilines is 1. The molecule has 3 aromatic carbocycles. The Kier molecular flexibility index (Phi) is 7.31. The molecule has 37 heavy (non-hydrogen) atoms. The number of piperidine rings is 1. The molecule has 5 rings (SSSR count). The van der Waals surface area contributed by atoms with Gasteiger partial charge in [0.15, 0.2) is 5.88 Å². The number of halogens is 3. The molecule has 0 spiro atoms. The Labute approximate surface area is 214 Å². The van der Waals surface area contributed by atoms with Gasteiger partial charge in [0.05, 0.1) is 6.54 Å². The van der Waals surface area contributed by atoms with Crippen molar-refractivity contribution < 1.29 is 23.0 Å². The van der Waals surface area contributed by atoms with E-state index in [0.29, 0.717) is 6.54 Å². The first-order valence-electron chi connectivity index (χ1n) is 12.8. The quantitative estimate of drug-likeness (QED) is 0.267. The lowest BCUT2D eigenvalue weighted by molar-refractivity contribution is -0.274. The molecule has 2 heterocycles. The zero-order chi connectivity index (χ0) is 25.8. The van der Waals surface area contributed by atoms with E-state index in [2.05, 4.69) is 52.1 Å². The van der Waals surface area contributed by atoms with Crippen LogP contribution >= 0.6 is 0 Å². The summed E-state index contributed by atoms with van der Waals surface area (Å²) >= 11 is 0. The van der Waals surface area contributed by atoms with E-state index in [-0.39, 0.29) is 11.6 Å². The molecule has 0 bridgehead atoms. The van der Waals surface area contributed by atoms with E-state index in [9.17, 15) is 18.3 Å². The normalized spacial score (nSPS) is 14.8. The van der Waals surface area contributed by atoms with E-state index < -0.39 is 6.36 Å². The molecule has 0 aliphatic carbocycles. The number of hydrogen-bond donors (Lipinski definition) is 1. The maximum Gasteiger partial charge on any atom is 0.573 e. The second-order valence-electron chi connectivity index (χ2n) is 9.85. The van der Waals surface area contributed by atoms with Gasteiger partial charge in [-0.05, 0) is 79.5 Å². The van der Waals surface area contributed by atoms with Crippen LogP contribution in [0.4, 0.5) is 18.9 Å². The fourth-order valence-corrected chi connectivity index (χ4v) is 5.27. The summed E-state index contributed by atoms with van der Waals surface area (Å²) in [6.07, 6.45) is 3.19. The number of fused-ring (bicyclic) bond motifs is 1. The van der Waals surface area contributed by atoms with Gasteiger partial charge in [-0.3, -0.25) is 0 Å². The molecule has 1 saturated heterocycles. The predicted molar refractivity (Wildman–Crippen MR) is 140 cm³/mol. The molecule has 0 radical (unpaired) electrons. The minimum absolute atomic E-state index is 0.147. The second-order valence-corrected chi connectivity index (χ2v) is 9.85. The molecular formula is C30H31F3N2O2. The minimum Gasteiger partial charge on any atom is -0.494 e. The largest absolute Gasteiger partial charge is 0.573 e. The summed E-state index contributed by atoms with van der Waals surface area (Å²) in [5.74, 6) is 0.652. The number of hydrogen-bond acceptors (Lipinski definition) is 3. The highest BCUT2D eigenvalue weighted by molar-refractivity contribution is 5.90. The Morgan fingerprint density at radius 3 is 2.32 bits per heavy atom. The van der Waals surface area contributed by atoms with Crippen LogP contribution in [0.1, 0.15) is 36.8 Å². The Balaban J connectivity index is 1.18. The summed E-state index contributed by atoms with van der Waals surface area (Å²) in [6.45, 7) is 2.40. The SMILES string of the molecule is Oc1c2ccc(N3CCC(CCCc4ccccc4)CC3)cc2cn1Cc1ccc(OC(F)(F)F)cc1. The number of alkyl halides is 3. The highest BCUT2D eigenvalue weighted by Gasteiger charge is 2.31. The summed E-state index contributed by atoms with van der Waals surface area (Å²) < 4.78 is 42.8. The Morgan fingerprint density at radius 2 is 1.62 bits per heavy atom. The van der Waals surface area contributed by atoms with Crippen LogP contribution in [0.3, 0.4) is 0 Å². The van der Waals surface area contributed by atoms with Crippen molar-refractivity contribution in [3.63, 3.8) is 0 Å². The third-order valence-corrected chi connectivity index (χ3v) is 7.25. The van der Waals surface area contributed by atoms with E-state index in [1.54, 1.807) is 16.7 Å². The number of aromatic nitrogens is 1. The summed E-state index contributed by atoms with van der Waals surface area (Å²) in [5.41, 5.74) is 3.33. The molecule has 0 amide bonds. The second kappa shape index (κ2) is 10.8. The zero-order valence-electron chi connectivity index (χ0n) is 20.6. The molecule has 0 unspecified atom stereocenters. The Hall–Kier alpha value is -3.61. The zero-order valence-corrected chi connectivity index (χ0v) is 20.6. The molecule has 7 heteroatoms. The lowest BCUT2D eigenvalue weighted by atomic mass is 9.90. The van der Waals surface area contributed by atoms with Gasteiger partial charge in [-0.2, -0.15) is 0 Å². The van der Waals surface area contributed by atoms with Crippen LogP contribution in [-0.2, 0) is 13.0 Å². The predicted octanol–water partition coefficient (Wildman–Crippen LogP) is 7.53. The van der Waals surface area contributed by atoms with Crippen molar-refractivity contribution in [3.8, 4) is 11.6 Å². The van der Waals surface area contributed by atoms with E-state index in [4.69, 9.17) is 0 Å². The van der Waals surface area contributed by atoms with Crippen LogP contribution in [0.5, 0.6) is 11.6 Å². The van der Waals surface area contributed by atoms with Crippen molar-refractivity contribution in [2.24, 2.45) is 5.92 Å². The molecule has 0 atom stereocenters. The topological polar surface area (TPSA) is 37.6 Å². The van der Waals surface area contributed by atoms with Crippen molar-refractivity contribution in [2.45, 2.75) is 45.0 Å². The number of rotatable bonds is 8. The van der Waals surface area contributed by atoms with Crippen molar-refractivity contribution in [2.75, 3.05) is 18.0 Å². The third-order valence-electron chi connectivity index (χ3n) is 7.25. The van der Waals surface area contributed by atoms with Crippen LogP contribution in [0, 0.1) is 5.92 Å². The van der Waals surface area contributed by atoms with Crippen molar-refractivity contribution in [3.05, 3.63) is 90.1 Å². The van der Waals surface area contributed by atoms with Crippen LogP contribution < -0.4 is 9.64 Å². The molecule has 1 aliphatic heterocycles. The fourth-order valence-electron chi connectivity index (χ4n) is 5.27. The summed E-state index contributed by atoms with van der Waals surface area (Å²) in [5, 5.41) is 12.4. The van der Waals surface area contributed by atoms with Gasteiger partial charge in [0.2, 0.25) is 0 Å².